The molecular formula is C17H17Cl3N4OS. The molecule has 2 aromatic rings. The maximum Gasteiger partial charge on any atom is 0.252 e. The van der Waals surface area contributed by atoms with Gasteiger partial charge in [-0.2, -0.15) is 0 Å². The number of rotatable bonds is 5. The molecule has 0 aromatic heterocycles. The van der Waals surface area contributed by atoms with Gasteiger partial charge in [-0.05, 0) is 43.4 Å². The molecule has 0 fully saturated rings. The summed E-state index contributed by atoms with van der Waals surface area (Å²) in [5.74, 6) is -0.396. The fourth-order valence-electron chi connectivity index (χ4n) is 1.94. The molecule has 4 N–H and O–H groups in total. The van der Waals surface area contributed by atoms with Crippen LogP contribution in [0.3, 0.4) is 0 Å². The Hall–Kier alpha value is -1.73. The first kappa shape index (κ1) is 20.6. The van der Waals surface area contributed by atoms with E-state index in [1.165, 1.54) is 0 Å². The van der Waals surface area contributed by atoms with Crippen LogP contribution in [0.1, 0.15) is 15.9 Å². The molecular weight excluding hydrogens is 415 g/mol. The van der Waals surface area contributed by atoms with Gasteiger partial charge in [-0.25, -0.2) is 0 Å². The molecule has 0 radical (unpaired) electrons. The second-order valence-corrected chi connectivity index (χ2v) is 8.18. The summed E-state index contributed by atoms with van der Waals surface area (Å²) >= 11 is 23.1. The highest BCUT2D eigenvalue weighted by molar-refractivity contribution is 7.80. The third-order valence-corrected chi connectivity index (χ3v) is 4.16. The largest absolute Gasteiger partial charge is 0.338 e. The second-order valence-electron chi connectivity index (χ2n) is 5.40. The number of hydrazine groups is 1. The highest BCUT2D eigenvalue weighted by Gasteiger charge is 2.34. The second kappa shape index (κ2) is 9.28. The zero-order chi connectivity index (χ0) is 19.2. The summed E-state index contributed by atoms with van der Waals surface area (Å²) in [4.78, 5) is 12.4. The number of carbonyl (C=O) groups is 1. The number of para-hydroxylation sites is 1. The number of halogens is 3. The predicted octanol–water partition coefficient (Wildman–Crippen LogP) is 3.91. The van der Waals surface area contributed by atoms with E-state index < -0.39 is 15.9 Å². The van der Waals surface area contributed by atoms with Crippen molar-refractivity contribution in [1.82, 2.24) is 16.1 Å². The standard InChI is InChI=1S/C17H17Cl3N4OS/c1-11-7-9-12(10-8-11)14(25)21-15(17(18,19)20)22-16(26)24-23-13-5-3-2-4-6-13/h2-10,15,23H,1H3,(H,21,25)(H2,22,24,26). The van der Waals surface area contributed by atoms with Gasteiger partial charge in [0, 0.05) is 5.56 Å². The third kappa shape index (κ3) is 6.53. The minimum Gasteiger partial charge on any atom is -0.338 e. The Morgan fingerprint density at radius 1 is 1.00 bits per heavy atom. The van der Waals surface area contributed by atoms with Crippen molar-refractivity contribution in [1.29, 1.82) is 0 Å². The van der Waals surface area contributed by atoms with Crippen LogP contribution >= 0.6 is 47.0 Å². The van der Waals surface area contributed by atoms with Gasteiger partial charge in [-0.1, -0.05) is 70.7 Å². The van der Waals surface area contributed by atoms with Crippen LogP contribution < -0.4 is 21.5 Å². The van der Waals surface area contributed by atoms with E-state index in [1.807, 2.05) is 49.4 Å². The van der Waals surface area contributed by atoms with Crippen LogP contribution in [0.2, 0.25) is 0 Å². The molecule has 0 aliphatic heterocycles. The van der Waals surface area contributed by atoms with Crippen molar-refractivity contribution in [3.8, 4) is 0 Å². The van der Waals surface area contributed by atoms with Crippen LogP contribution in [0.25, 0.3) is 0 Å². The van der Waals surface area contributed by atoms with Crippen molar-refractivity contribution in [2.45, 2.75) is 16.9 Å². The molecule has 0 saturated heterocycles. The summed E-state index contributed by atoms with van der Waals surface area (Å²) in [6.07, 6.45) is -1.04. The van der Waals surface area contributed by atoms with Crippen LogP contribution in [0, 0.1) is 6.92 Å². The van der Waals surface area contributed by atoms with Crippen molar-refractivity contribution in [2.24, 2.45) is 0 Å². The summed E-state index contributed by atoms with van der Waals surface area (Å²) in [6, 6.07) is 16.3. The van der Waals surface area contributed by atoms with Crippen molar-refractivity contribution in [3.05, 3.63) is 65.7 Å². The molecule has 138 valence electrons. The topological polar surface area (TPSA) is 65.2 Å². The molecule has 0 saturated carbocycles. The van der Waals surface area contributed by atoms with Gasteiger partial charge in [0.05, 0.1) is 5.69 Å². The molecule has 0 aliphatic rings. The van der Waals surface area contributed by atoms with Gasteiger partial charge < -0.3 is 10.6 Å². The molecule has 1 unspecified atom stereocenters. The number of hydrogen-bond acceptors (Lipinski definition) is 3. The molecule has 26 heavy (non-hydrogen) atoms. The fraction of sp³-hybridized carbons (Fsp3) is 0.176. The van der Waals surface area contributed by atoms with E-state index in [1.54, 1.807) is 12.1 Å². The minimum absolute atomic E-state index is 0.148. The van der Waals surface area contributed by atoms with Crippen LogP contribution in [0.5, 0.6) is 0 Å². The lowest BCUT2D eigenvalue weighted by Gasteiger charge is -2.28. The lowest BCUT2D eigenvalue weighted by molar-refractivity contribution is 0.0934. The van der Waals surface area contributed by atoms with E-state index in [0.717, 1.165) is 11.3 Å². The number of nitrogens with one attached hydrogen (secondary N) is 4. The molecule has 5 nitrogen and oxygen atoms in total. The highest BCUT2D eigenvalue weighted by Crippen LogP contribution is 2.29. The Kier molecular flexibility index (Phi) is 7.34. The summed E-state index contributed by atoms with van der Waals surface area (Å²) in [5.41, 5.74) is 7.94. The maximum absolute atomic E-state index is 12.4. The quantitative estimate of drug-likeness (QED) is 0.250. The maximum atomic E-state index is 12.4. The number of anilines is 1. The zero-order valence-electron chi connectivity index (χ0n) is 13.7. The fourth-order valence-corrected chi connectivity index (χ4v) is 2.43. The molecule has 0 heterocycles. The minimum atomic E-state index is -1.82. The molecule has 2 aromatic carbocycles. The monoisotopic (exact) mass is 430 g/mol. The molecule has 2 rings (SSSR count). The number of aryl methyl sites for hydroxylation is 1. The van der Waals surface area contributed by atoms with Gasteiger partial charge in [0.25, 0.3) is 5.91 Å². The Bertz CT molecular complexity index is 751. The van der Waals surface area contributed by atoms with Crippen molar-refractivity contribution in [3.63, 3.8) is 0 Å². The van der Waals surface area contributed by atoms with Gasteiger partial charge in [0.15, 0.2) is 5.11 Å². The van der Waals surface area contributed by atoms with Crippen molar-refractivity contribution in [2.75, 3.05) is 5.43 Å². The van der Waals surface area contributed by atoms with E-state index in [0.29, 0.717) is 5.56 Å². The number of alkyl halides is 3. The van der Waals surface area contributed by atoms with Gasteiger partial charge in [-0.15, -0.1) is 0 Å². The van der Waals surface area contributed by atoms with Gasteiger partial charge in [-0.3, -0.25) is 15.6 Å². The zero-order valence-corrected chi connectivity index (χ0v) is 16.8. The molecule has 0 bridgehead atoms. The highest BCUT2D eigenvalue weighted by atomic mass is 35.6. The van der Waals surface area contributed by atoms with Gasteiger partial charge in [0.1, 0.15) is 6.17 Å². The Balaban J connectivity index is 1.97. The van der Waals surface area contributed by atoms with Crippen LogP contribution in [-0.2, 0) is 0 Å². The van der Waals surface area contributed by atoms with Gasteiger partial charge >= 0.3 is 0 Å². The SMILES string of the molecule is Cc1ccc(C(=O)NC(NC(=S)NNc2ccccc2)C(Cl)(Cl)Cl)cc1. The first-order valence-corrected chi connectivity index (χ1v) is 9.12. The molecule has 9 heteroatoms. The van der Waals surface area contributed by atoms with E-state index in [-0.39, 0.29) is 5.11 Å². The summed E-state index contributed by atoms with van der Waals surface area (Å²) in [7, 11) is 0. The first-order valence-electron chi connectivity index (χ1n) is 7.57. The Morgan fingerprint density at radius 3 is 2.19 bits per heavy atom. The van der Waals surface area contributed by atoms with Crippen molar-refractivity contribution >= 4 is 63.7 Å². The number of benzene rings is 2. The summed E-state index contributed by atoms with van der Waals surface area (Å²) in [5, 5.41) is 5.54. The number of amides is 1. The van der Waals surface area contributed by atoms with E-state index >= 15 is 0 Å². The first-order chi connectivity index (χ1) is 12.3. The number of carbonyl (C=O) groups excluding carboxylic acids is 1. The smallest absolute Gasteiger partial charge is 0.252 e. The predicted molar refractivity (Wildman–Crippen MR) is 112 cm³/mol. The lowest BCUT2D eigenvalue weighted by Crippen LogP contribution is -2.57. The Morgan fingerprint density at radius 2 is 1.62 bits per heavy atom. The Labute approximate surface area is 172 Å². The summed E-state index contributed by atoms with van der Waals surface area (Å²) in [6.45, 7) is 1.93. The van der Waals surface area contributed by atoms with Crippen molar-refractivity contribution < 1.29 is 4.79 Å². The van der Waals surface area contributed by atoms with E-state index in [9.17, 15) is 4.79 Å². The number of hydrogen-bond donors (Lipinski definition) is 4. The third-order valence-electron chi connectivity index (χ3n) is 3.29. The molecule has 0 spiro atoms. The molecule has 0 aliphatic carbocycles. The average Bonchev–Trinajstić information content (AvgIpc) is 2.60. The van der Waals surface area contributed by atoms with E-state index in [4.69, 9.17) is 47.0 Å². The van der Waals surface area contributed by atoms with Gasteiger partial charge in [0.2, 0.25) is 3.79 Å². The van der Waals surface area contributed by atoms with Crippen LogP contribution in [0.4, 0.5) is 5.69 Å². The molecule has 1 amide bonds. The van der Waals surface area contributed by atoms with Crippen LogP contribution in [0.15, 0.2) is 54.6 Å². The van der Waals surface area contributed by atoms with Crippen LogP contribution in [-0.4, -0.2) is 21.0 Å². The average molecular weight is 432 g/mol. The van der Waals surface area contributed by atoms with E-state index in [2.05, 4.69) is 21.5 Å². The lowest BCUT2D eigenvalue weighted by atomic mass is 10.1. The molecule has 1 atom stereocenters. The summed E-state index contributed by atoms with van der Waals surface area (Å²) < 4.78 is -1.82. The number of thiocarbonyl (C=S) groups is 1. The normalized spacial score (nSPS) is 12.0.